The summed E-state index contributed by atoms with van der Waals surface area (Å²) in [5.41, 5.74) is 2.16. The van der Waals surface area contributed by atoms with E-state index in [0.717, 1.165) is 12.1 Å². The fourth-order valence-corrected chi connectivity index (χ4v) is 1.89. The van der Waals surface area contributed by atoms with E-state index in [1.807, 2.05) is 6.92 Å². The quantitative estimate of drug-likeness (QED) is 0.904. The van der Waals surface area contributed by atoms with Gasteiger partial charge in [-0.25, -0.2) is 4.98 Å². The molecule has 0 unspecified atom stereocenters. The molecule has 2 aromatic rings. The first-order valence-corrected chi connectivity index (χ1v) is 6.76. The van der Waals surface area contributed by atoms with Crippen LogP contribution in [0.1, 0.15) is 23.0 Å². The van der Waals surface area contributed by atoms with E-state index in [2.05, 4.69) is 15.6 Å². The van der Waals surface area contributed by atoms with Gasteiger partial charge in [0.05, 0.1) is 0 Å². The van der Waals surface area contributed by atoms with Gasteiger partial charge in [0, 0.05) is 29.0 Å². The largest absolute Gasteiger partial charge is 0.373 e. The molecule has 0 spiro atoms. The molecule has 0 radical (unpaired) electrons. The third-order valence-corrected chi connectivity index (χ3v) is 3.11. The Labute approximate surface area is 123 Å². The molecule has 0 aliphatic heterocycles. The van der Waals surface area contributed by atoms with Gasteiger partial charge < -0.3 is 10.6 Å². The van der Waals surface area contributed by atoms with Crippen molar-refractivity contribution >= 4 is 29.0 Å². The molecule has 0 aliphatic carbocycles. The van der Waals surface area contributed by atoms with Gasteiger partial charge in [0.2, 0.25) is 0 Å². The van der Waals surface area contributed by atoms with Crippen molar-refractivity contribution in [2.24, 2.45) is 0 Å². The number of anilines is 2. The highest BCUT2D eigenvalue weighted by atomic mass is 35.5. The summed E-state index contributed by atoms with van der Waals surface area (Å²) in [6, 6.07) is 10.5. The fourth-order valence-electron chi connectivity index (χ4n) is 1.76. The Hall–Kier alpha value is -2.07. The number of hydrogen-bond donors (Lipinski definition) is 2. The number of nitrogens with one attached hydrogen (secondary N) is 2. The van der Waals surface area contributed by atoms with Crippen LogP contribution in [0.25, 0.3) is 0 Å². The third-order valence-electron chi connectivity index (χ3n) is 2.86. The number of aromatic nitrogens is 1. The van der Waals surface area contributed by atoms with Crippen molar-refractivity contribution < 1.29 is 4.79 Å². The molecule has 1 aromatic carbocycles. The number of aryl methyl sites for hydroxylation is 1. The minimum atomic E-state index is -0.166. The molecule has 0 saturated heterocycles. The van der Waals surface area contributed by atoms with Crippen LogP contribution in [0.5, 0.6) is 0 Å². The van der Waals surface area contributed by atoms with E-state index in [1.54, 1.807) is 43.4 Å². The maximum absolute atomic E-state index is 12.2. The molecule has 20 heavy (non-hydrogen) atoms. The third kappa shape index (κ3) is 3.48. The van der Waals surface area contributed by atoms with Gasteiger partial charge in [-0.2, -0.15) is 0 Å². The first kappa shape index (κ1) is 14.3. The van der Waals surface area contributed by atoms with Crippen molar-refractivity contribution in [2.75, 3.05) is 17.7 Å². The second-order valence-corrected chi connectivity index (χ2v) is 4.73. The Morgan fingerprint density at radius 2 is 1.95 bits per heavy atom. The SMILES string of the molecule is CCc1cc(C(=O)Nc2ccc(Cl)cc2)cc(NC)n1. The molecule has 0 aliphatic rings. The first-order chi connectivity index (χ1) is 9.62. The molecule has 2 rings (SSSR count). The molecule has 1 heterocycles. The summed E-state index contributed by atoms with van der Waals surface area (Å²) in [6.07, 6.45) is 0.775. The van der Waals surface area contributed by atoms with Crippen LogP contribution in [0.2, 0.25) is 5.02 Å². The molecular formula is C15H16ClN3O. The van der Waals surface area contributed by atoms with E-state index in [9.17, 15) is 4.79 Å². The summed E-state index contributed by atoms with van der Waals surface area (Å²) in [6.45, 7) is 2.00. The van der Waals surface area contributed by atoms with Gasteiger partial charge in [0.25, 0.3) is 5.91 Å². The van der Waals surface area contributed by atoms with E-state index >= 15 is 0 Å². The highest BCUT2D eigenvalue weighted by Gasteiger charge is 2.09. The van der Waals surface area contributed by atoms with Crippen molar-refractivity contribution in [3.8, 4) is 0 Å². The van der Waals surface area contributed by atoms with Crippen LogP contribution in [0.3, 0.4) is 0 Å². The standard InChI is InChI=1S/C15H16ClN3O/c1-3-12-8-10(9-14(17-2)18-12)15(20)19-13-6-4-11(16)5-7-13/h4-9H,3H2,1-2H3,(H,17,18)(H,19,20). The van der Waals surface area contributed by atoms with Gasteiger partial charge in [-0.3, -0.25) is 4.79 Å². The van der Waals surface area contributed by atoms with E-state index in [1.165, 1.54) is 0 Å². The smallest absolute Gasteiger partial charge is 0.255 e. The number of amides is 1. The van der Waals surface area contributed by atoms with E-state index in [0.29, 0.717) is 22.1 Å². The maximum Gasteiger partial charge on any atom is 0.255 e. The van der Waals surface area contributed by atoms with Gasteiger partial charge in [-0.05, 0) is 42.8 Å². The van der Waals surface area contributed by atoms with Crippen molar-refractivity contribution in [1.29, 1.82) is 0 Å². The van der Waals surface area contributed by atoms with Gasteiger partial charge in [0.1, 0.15) is 5.82 Å². The Morgan fingerprint density at radius 3 is 2.55 bits per heavy atom. The zero-order valence-corrected chi connectivity index (χ0v) is 12.2. The molecule has 0 saturated carbocycles. The highest BCUT2D eigenvalue weighted by Crippen LogP contribution is 2.16. The second-order valence-electron chi connectivity index (χ2n) is 4.30. The molecule has 1 aromatic heterocycles. The van der Waals surface area contributed by atoms with Crippen LogP contribution in [-0.4, -0.2) is 17.9 Å². The lowest BCUT2D eigenvalue weighted by Crippen LogP contribution is -2.13. The van der Waals surface area contributed by atoms with Crippen molar-refractivity contribution in [3.63, 3.8) is 0 Å². The van der Waals surface area contributed by atoms with Gasteiger partial charge >= 0.3 is 0 Å². The summed E-state index contributed by atoms with van der Waals surface area (Å²) < 4.78 is 0. The highest BCUT2D eigenvalue weighted by molar-refractivity contribution is 6.30. The number of benzene rings is 1. The summed E-state index contributed by atoms with van der Waals surface area (Å²) in [5, 5.41) is 6.43. The Balaban J connectivity index is 2.22. The van der Waals surface area contributed by atoms with Gasteiger partial charge in [0.15, 0.2) is 0 Å². The molecule has 0 fully saturated rings. The lowest BCUT2D eigenvalue weighted by Gasteiger charge is -2.09. The molecular weight excluding hydrogens is 274 g/mol. The Morgan fingerprint density at radius 1 is 1.25 bits per heavy atom. The molecule has 4 nitrogen and oxygen atoms in total. The number of carbonyl (C=O) groups excluding carboxylic acids is 1. The molecule has 0 atom stereocenters. The van der Waals surface area contributed by atoms with Gasteiger partial charge in [-0.1, -0.05) is 18.5 Å². The van der Waals surface area contributed by atoms with Crippen LogP contribution in [0.4, 0.5) is 11.5 Å². The van der Waals surface area contributed by atoms with Crippen molar-refractivity contribution in [3.05, 3.63) is 52.7 Å². The zero-order valence-electron chi connectivity index (χ0n) is 11.4. The Kier molecular flexibility index (Phi) is 4.58. The number of rotatable bonds is 4. The summed E-state index contributed by atoms with van der Waals surface area (Å²) in [4.78, 5) is 16.6. The predicted molar refractivity (Wildman–Crippen MR) is 82.6 cm³/mol. The number of carbonyl (C=O) groups is 1. The molecule has 0 bridgehead atoms. The van der Waals surface area contributed by atoms with Crippen LogP contribution in [0, 0.1) is 0 Å². The molecule has 104 valence electrons. The van der Waals surface area contributed by atoms with E-state index < -0.39 is 0 Å². The number of halogens is 1. The van der Waals surface area contributed by atoms with Crippen molar-refractivity contribution in [2.45, 2.75) is 13.3 Å². The van der Waals surface area contributed by atoms with E-state index in [-0.39, 0.29) is 5.91 Å². The monoisotopic (exact) mass is 289 g/mol. The molecule has 1 amide bonds. The normalized spacial score (nSPS) is 10.2. The minimum Gasteiger partial charge on any atom is -0.373 e. The predicted octanol–water partition coefficient (Wildman–Crippen LogP) is 3.59. The first-order valence-electron chi connectivity index (χ1n) is 6.38. The van der Waals surface area contributed by atoms with Crippen LogP contribution < -0.4 is 10.6 Å². The average molecular weight is 290 g/mol. The topological polar surface area (TPSA) is 54.0 Å². The van der Waals surface area contributed by atoms with Crippen molar-refractivity contribution in [1.82, 2.24) is 4.98 Å². The van der Waals surface area contributed by atoms with Gasteiger partial charge in [-0.15, -0.1) is 0 Å². The fraction of sp³-hybridized carbons (Fsp3) is 0.200. The van der Waals surface area contributed by atoms with Crippen LogP contribution in [-0.2, 0) is 6.42 Å². The summed E-state index contributed by atoms with van der Waals surface area (Å²) in [7, 11) is 1.78. The zero-order chi connectivity index (χ0) is 14.5. The Bertz CT molecular complexity index is 589. The lowest BCUT2D eigenvalue weighted by molar-refractivity contribution is 0.102. The number of nitrogens with zero attached hydrogens (tertiary/aromatic N) is 1. The summed E-state index contributed by atoms with van der Waals surface area (Å²) >= 11 is 5.82. The maximum atomic E-state index is 12.2. The van der Waals surface area contributed by atoms with Crippen LogP contribution >= 0.6 is 11.6 Å². The lowest BCUT2D eigenvalue weighted by atomic mass is 10.1. The second kappa shape index (κ2) is 6.39. The minimum absolute atomic E-state index is 0.166. The number of hydrogen-bond acceptors (Lipinski definition) is 3. The summed E-state index contributed by atoms with van der Waals surface area (Å²) in [5.74, 6) is 0.520. The average Bonchev–Trinajstić information content (AvgIpc) is 2.48. The van der Waals surface area contributed by atoms with E-state index in [4.69, 9.17) is 11.6 Å². The number of pyridine rings is 1. The molecule has 5 heteroatoms. The molecule has 2 N–H and O–H groups in total. The van der Waals surface area contributed by atoms with Crippen LogP contribution in [0.15, 0.2) is 36.4 Å².